The number of hydrogen-bond acceptors (Lipinski definition) is 3. The second kappa shape index (κ2) is 3.81. The highest BCUT2D eigenvalue weighted by Crippen LogP contribution is 2.42. The van der Waals surface area contributed by atoms with Gasteiger partial charge in [-0.3, -0.25) is 0 Å². The van der Waals surface area contributed by atoms with Gasteiger partial charge >= 0.3 is 0 Å². The Balaban J connectivity index is 2.22. The van der Waals surface area contributed by atoms with Gasteiger partial charge in [-0.1, -0.05) is 11.6 Å². The van der Waals surface area contributed by atoms with E-state index in [1.807, 2.05) is 0 Å². The van der Waals surface area contributed by atoms with Gasteiger partial charge in [-0.05, 0) is 12.8 Å². The molecule has 3 nitrogen and oxygen atoms in total. The van der Waals surface area contributed by atoms with Gasteiger partial charge in [0.15, 0.2) is 16.7 Å². The Bertz CT molecular complexity index is 599. The first kappa shape index (κ1) is 10.7. The van der Waals surface area contributed by atoms with Crippen LogP contribution in [0.4, 0.5) is 4.39 Å². The normalized spacial score (nSPS) is 15.2. The number of ether oxygens (including phenoxy) is 1. The fraction of sp³-hybridized carbons (Fsp3) is 0.333. The van der Waals surface area contributed by atoms with E-state index in [1.165, 1.54) is 13.2 Å². The smallest absolute Gasteiger partial charge is 0.167 e. The molecule has 0 aliphatic heterocycles. The Kier molecular flexibility index (Phi) is 2.40. The van der Waals surface area contributed by atoms with Gasteiger partial charge in [-0.15, -0.1) is 0 Å². The molecule has 1 aliphatic carbocycles. The quantitative estimate of drug-likeness (QED) is 0.823. The van der Waals surface area contributed by atoms with Crippen LogP contribution in [0.25, 0.3) is 11.0 Å². The minimum atomic E-state index is -0.454. The van der Waals surface area contributed by atoms with Crippen LogP contribution in [0.5, 0.6) is 5.75 Å². The minimum Gasteiger partial charge on any atom is -0.494 e. The topological polar surface area (TPSA) is 35.0 Å². The van der Waals surface area contributed by atoms with E-state index >= 15 is 0 Å². The first-order valence-corrected chi connectivity index (χ1v) is 5.77. The van der Waals surface area contributed by atoms with Crippen molar-refractivity contribution in [1.82, 2.24) is 9.97 Å². The van der Waals surface area contributed by atoms with Crippen molar-refractivity contribution in [1.29, 1.82) is 0 Å². The number of halogens is 2. The molecule has 1 aromatic carbocycles. The lowest BCUT2D eigenvalue weighted by Gasteiger charge is -2.06. The Hall–Kier alpha value is -1.42. The largest absolute Gasteiger partial charge is 0.494 e. The monoisotopic (exact) mass is 252 g/mol. The van der Waals surface area contributed by atoms with Gasteiger partial charge in [-0.25, -0.2) is 14.4 Å². The van der Waals surface area contributed by atoms with Crippen molar-refractivity contribution >= 4 is 22.6 Å². The molecule has 2 aromatic rings. The molecule has 0 unspecified atom stereocenters. The molecule has 1 heterocycles. The Morgan fingerprint density at radius 1 is 1.29 bits per heavy atom. The van der Waals surface area contributed by atoms with Crippen LogP contribution in [0.1, 0.15) is 24.5 Å². The first-order valence-electron chi connectivity index (χ1n) is 5.39. The molecule has 0 atom stereocenters. The lowest BCUT2D eigenvalue weighted by molar-refractivity contribution is 0.387. The highest BCUT2D eigenvalue weighted by Gasteiger charge is 2.28. The van der Waals surface area contributed by atoms with E-state index in [2.05, 4.69) is 9.97 Å². The molecule has 0 bridgehead atoms. The number of nitrogens with zero attached hydrogens (tertiary/aromatic N) is 2. The predicted molar refractivity (Wildman–Crippen MR) is 63.0 cm³/mol. The summed E-state index contributed by atoms with van der Waals surface area (Å²) in [6, 6.07) is 2.85. The zero-order chi connectivity index (χ0) is 12.0. The summed E-state index contributed by atoms with van der Waals surface area (Å²) in [4.78, 5) is 8.63. The summed E-state index contributed by atoms with van der Waals surface area (Å²) in [5.41, 5.74) is 1.89. The molecule has 0 amide bonds. The van der Waals surface area contributed by atoms with Crippen LogP contribution in [0.15, 0.2) is 12.1 Å². The van der Waals surface area contributed by atoms with Gasteiger partial charge < -0.3 is 4.74 Å². The summed E-state index contributed by atoms with van der Waals surface area (Å²) in [5, 5.41) is 0.379. The number of benzene rings is 1. The molecular weight excluding hydrogens is 243 g/mol. The molecule has 88 valence electrons. The molecule has 3 rings (SSSR count). The van der Waals surface area contributed by atoms with Gasteiger partial charge in [0.2, 0.25) is 0 Å². The highest BCUT2D eigenvalue weighted by molar-refractivity contribution is 6.30. The van der Waals surface area contributed by atoms with Crippen LogP contribution in [0, 0.1) is 5.82 Å². The Labute approximate surface area is 103 Å². The molecule has 5 heteroatoms. The van der Waals surface area contributed by atoms with Gasteiger partial charge in [-0.2, -0.15) is 0 Å². The van der Waals surface area contributed by atoms with E-state index in [-0.39, 0.29) is 5.75 Å². The fourth-order valence-electron chi connectivity index (χ4n) is 1.82. The molecule has 17 heavy (non-hydrogen) atoms. The SMILES string of the molecule is COc1cc2nc(C3CC3)c(Cl)nc2cc1F. The summed E-state index contributed by atoms with van der Waals surface area (Å²) in [7, 11) is 1.43. The van der Waals surface area contributed by atoms with Crippen molar-refractivity contribution in [3.8, 4) is 5.75 Å². The summed E-state index contributed by atoms with van der Waals surface area (Å²) in [5.74, 6) is 0.135. The first-order chi connectivity index (χ1) is 8.19. The predicted octanol–water partition coefficient (Wildman–Crippen LogP) is 3.31. The number of fused-ring (bicyclic) bond motifs is 1. The standard InChI is InChI=1S/C12H10ClFN2O/c1-17-10-5-9-8(4-7(10)14)16-12(13)11(15-9)6-2-3-6/h4-6H,2-3H2,1H3. The molecular formula is C12H10ClFN2O. The maximum absolute atomic E-state index is 13.5. The van der Waals surface area contributed by atoms with E-state index in [0.29, 0.717) is 22.1 Å². The molecule has 1 aliphatic rings. The number of methoxy groups -OCH3 is 1. The van der Waals surface area contributed by atoms with Gasteiger partial charge in [0.25, 0.3) is 0 Å². The number of hydrogen-bond donors (Lipinski definition) is 0. The van der Waals surface area contributed by atoms with Crippen molar-refractivity contribution in [2.75, 3.05) is 7.11 Å². The van der Waals surface area contributed by atoms with Crippen molar-refractivity contribution in [2.45, 2.75) is 18.8 Å². The van der Waals surface area contributed by atoms with Gasteiger partial charge in [0, 0.05) is 18.1 Å². The third-order valence-electron chi connectivity index (χ3n) is 2.88. The Morgan fingerprint density at radius 2 is 2.00 bits per heavy atom. The van der Waals surface area contributed by atoms with Crippen LogP contribution in [-0.4, -0.2) is 17.1 Å². The van der Waals surface area contributed by atoms with Crippen molar-refractivity contribution in [3.63, 3.8) is 0 Å². The van der Waals surface area contributed by atoms with Crippen LogP contribution in [0.3, 0.4) is 0 Å². The number of rotatable bonds is 2. The van der Waals surface area contributed by atoms with E-state index in [9.17, 15) is 4.39 Å². The molecule has 0 saturated heterocycles. The van der Waals surface area contributed by atoms with Gasteiger partial charge in [0.1, 0.15) is 0 Å². The zero-order valence-electron chi connectivity index (χ0n) is 9.20. The number of aromatic nitrogens is 2. The molecule has 0 N–H and O–H groups in total. The van der Waals surface area contributed by atoms with E-state index in [0.717, 1.165) is 18.5 Å². The summed E-state index contributed by atoms with van der Waals surface area (Å²) >= 11 is 6.04. The third-order valence-corrected chi connectivity index (χ3v) is 3.16. The third kappa shape index (κ3) is 1.82. The Morgan fingerprint density at radius 3 is 2.65 bits per heavy atom. The average molecular weight is 253 g/mol. The molecule has 0 radical (unpaired) electrons. The lowest BCUT2D eigenvalue weighted by Crippen LogP contribution is -1.96. The second-order valence-electron chi connectivity index (χ2n) is 4.15. The highest BCUT2D eigenvalue weighted by atomic mass is 35.5. The molecule has 1 fully saturated rings. The average Bonchev–Trinajstić information content (AvgIpc) is 3.11. The summed E-state index contributed by atoms with van der Waals surface area (Å²) < 4.78 is 18.4. The van der Waals surface area contributed by atoms with Crippen LogP contribution in [0.2, 0.25) is 5.15 Å². The van der Waals surface area contributed by atoms with Crippen LogP contribution in [-0.2, 0) is 0 Å². The maximum Gasteiger partial charge on any atom is 0.167 e. The molecule has 0 spiro atoms. The fourth-order valence-corrected chi connectivity index (χ4v) is 2.11. The summed E-state index contributed by atoms with van der Waals surface area (Å²) in [6.45, 7) is 0. The molecule has 1 aromatic heterocycles. The van der Waals surface area contributed by atoms with E-state index < -0.39 is 5.82 Å². The molecule has 1 saturated carbocycles. The van der Waals surface area contributed by atoms with Gasteiger partial charge in [0.05, 0.1) is 23.8 Å². The maximum atomic E-state index is 13.5. The van der Waals surface area contributed by atoms with E-state index in [4.69, 9.17) is 16.3 Å². The van der Waals surface area contributed by atoms with E-state index in [1.54, 1.807) is 6.07 Å². The second-order valence-corrected chi connectivity index (χ2v) is 4.51. The van der Waals surface area contributed by atoms with Crippen LogP contribution < -0.4 is 4.74 Å². The zero-order valence-corrected chi connectivity index (χ0v) is 9.96. The minimum absolute atomic E-state index is 0.177. The van der Waals surface area contributed by atoms with Crippen molar-refractivity contribution < 1.29 is 9.13 Å². The summed E-state index contributed by atoms with van der Waals surface area (Å²) in [6.07, 6.45) is 2.19. The van der Waals surface area contributed by atoms with Crippen LogP contribution >= 0.6 is 11.6 Å². The van der Waals surface area contributed by atoms with Crippen molar-refractivity contribution in [2.24, 2.45) is 0 Å². The lowest BCUT2D eigenvalue weighted by atomic mass is 10.2. The van der Waals surface area contributed by atoms with Crippen molar-refractivity contribution in [3.05, 3.63) is 28.8 Å².